The minimum Gasteiger partial charge on any atom is -0.452 e. The van der Waals surface area contributed by atoms with Crippen LogP contribution in [0.1, 0.15) is 43.0 Å². The number of halogens is 1. The minimum atomic E-state index is -0.639. The highest BCUT2D eigenvalue weighted by molar-refractivity contribution is 6.32. The van der Waals surface area contributed by atoms with Crippen LogP contribution < -0.4 is 5.32 Å². The summed E-state index contributed by atoms with van der Waals surface area (Å²) in [5.41, 5.74) is 0.165. The van der Waals surface area contributed by atoms with Gasteiger partial charge in [-0.25, -0.2) is 9.78 Å². The van der Waals surface area contributed by atoms with Crippen molar-refractivity contribution in [2.45, 2.75) is 38.6 Å². The van der Waals surface area contributed by atoms with E-state index in [2.05, 4.69) is 17.2 Å². The lowest BCUT2D eigenvalue weighted by Crippen LogP contribution is -2.42. The van der Waals surface area contributed by atoms with Crippen molar-refractivity contribution in [1.29, 1.82) is 0 Å². The Balaban J connectivity index is 1.81. The number of carbonyl (C=O) groups is 2. The van der Waals surface area contributed by atoms with Gasteiger partial charge in [0, 0.05) is 12.2 Å². The second kappa shape index (κ2) is 7.41. The molecule has 1 aromatic heterocycles. The van der Waals surface area contributed by atoms with Crippen molar-refractivity contribution in [3.8, 4) is 0 Å². The first-order valence-corrected chi connectivity index (χ1v) is 7.52. The molecular weight excluding hydrogens is 292 g/mol. The normalized spacial score (nSPS) is 21.6. The van der Waals surface area contributed by atoms with Crippen molar-refractivity contribution in [2.75, 3.05) is 6.61 Å². The molecule has 1 aliphatic carbocycles. The Labute approximate surface area is 129 Å². The molecule has 1 N–H and O–H groups in total. The number of rotatable bonds is 4. The van der Waals surface area contributed by atoms with Crippen LogP contribution in [0.25, 0.3) is 0 Å². The maximum absolute atomic E-state index is 11.8. The molecular formula is C15H19ClN2O3. The first kappa shape index (κ1) is 15.8. The van der Waals surface area contributed by atoms with Gasteiger partial charge in [0.1, 0.15) is 5.15 Å². The molecule has 1 heterocycles. The Morgan fingerprint density at radius 2 is 2.19 bits per heavy atom. The zero-order valence-corrected chi connectivity index (χ0v) is 12.7. The highest BCUT2D eigenvalue weighted by Gasteiger charge is 2.23. The van der Waals surface area contributed by atoms with Gasteiger partial charge < -0.3 is 10.1 Å². The van der Waals surface area contributed by atoms with E-state index < -0.39 is 5.97 Å². The van der Waals surface area contributed by atoms with Gasteiger partial charge in [0.05, 0.1) is 5.56 Å². The van der Waals surface area contributed by atoms with Crippen molar-refractivity contribution >= 4 is 23.5 Å². The molecule has 5 nitrogen and oxygen atoms in total. The number of amides is 1. The molecule has 1 aliphatic rings. The number of nitrogens with zero attached hydrogens (tertiary/aromatic N) is 1. The van der Waals surface area contributed by atoms with Gasteiger partial charge in [-0.1, -0.05) is 31.4 Å². The van der Waals surface area contributed by atoms with E-state index in [1.165, 1.54) is 18.7 Å². The van der Waals surface area contributed by atoms with E-state index in [-0.39, 0.29) is 29.3 Å². The number of pyridine rings is 1. The van der Waals surface area contributed by atoms with Crippen LogP contribution in [0.15, 0.2) is 18.3 Å². The Hall–Kier alpha value is -1.62. The maximum Gasteiger partial charge on any atom is 0.341 e. The first-order valence-electron chi connectivity index (χ1n) is 7.15. The van der Waals surface area contributed by atoms with Gasteiger partial charge >= 0.3 is 5.97 Å². The van der Waals surface area contributed by atoms with Gasteiger partial charge in [0.2, 0.25) is 0 Å². The third-order valence-electron chi connectivity index (χ3n) is 3.77. The second-order valence-electron chi connectivity index (χ2n) is 5.35. The summed E-state index contributed by atoms with van der Waals surface area (Å²) < 4.78 is 4.97. The van der Waals surface area contributed by atoms with Crippen molar-refractivity contribution in [3.63, 3.8) is 0 Å². The fraction of sp³-hybridized carbons (Fsp3) is 0.533. The molecule has 0 unspecified atom stereocenters. The predicted molar refractivity (Wildman–Crippen MR) is 79.1 cm³/mol. The maximum atomic E-state index is 11.8. The van der Waals surface area contributed by atoms with E-state index in [0.29, 0.717) is 5.92 Å². The van der Waals surface area contributed by atoms with Crippen LogP contribution in [0.4, 0.5) is 0 Å². The lowest BCUT2D eigenvalue weighted by atomic mass is 9.86. The van der Waals surface area contributed by atoms with Gasteiger partial charge in [-0.2, -0.15) is 0 Å². The van der Waals surface area contributed by atoms with Crippen LogP contribution >= 0.6 is 11.6 Å². The van der Waals surface area contributed by atoms with E-state index in [1.54, 1.807) is 6.07 Å². The van der Waals surface area contributed by atoms with Gasteiger partial charge in [0.25, 0.3) is 5.91 Å². The molecule has 0 radical (unpaired) electrons. The van der Waals surface area contributed by atoms with Crippen molar-refractivity contribution < 1.29 is 14.3 Å². The Bertz CT molecular complexity index is 521. The summed E-state index contributed by atoms with van der Waals surface area (Å²) in [6.45, 7) is 1.83. The number of hydrogen-bond acceptors (Lipinski definition) is 4. The first-order chi connectivity index (χ1) is 10.1. The molecule has 1 saturated carbocycles. The molecule has 0 aromatic carbocycles. The van der Waals surface area contributed by atoms with Crippen LogP contribution in [0.3, 0.4) is 0 Å². The van der Waals surface area contributed by atoms with E-state index in [4.69, 9.17) is 16.3 Å². The molecule has 2 atom stereocenters. The van der Waals surface area contributed by atoms with E-state index >= 15 is 0 Å². The van der Waals surface area contributed by atoms with E-state index in [0.717, 1.165) is 19.3 Å². The highest BCUT2D eigenvalue weighted by atomic mass is 35.5. The third-order valence-corrected chi connectivity index (χ3v) is 4.07. The van der Waals surface area contributed by atoms with E-state index in [1.807, 2.05) is 0 Å². The number of ether oxygens (including phenoxy) is 1. The third kappa shape index (κ3) is 4.43. The molecule has 21 heavy (non-hydrogen) atoms. The van der Waals surface area contributed by atoms with Crippen LogP contribution in [0.2, 0.25) is 5.15 Å². The number of hydrogen-bond donors (Lipinski definition) is 1. The van der Waals surface area contributed by atoms with Gasteiger partial charge in [-0.3, -0.25) is 4.79 Å². The summed E-state index contributed by atoms with van der Waals surface area (Å²) in [5, 5.41) is 3.00. The summed E-state index contributed by atoms with van der Waals surface area (Å²) in [5.74, 6) is -0.451. The lowest BCUT2D eigenvalue weighted by Gasteiger charge is -2.29. The number of esters is 1. The number of aromatic nitrogens is 1. The fourth-order valence-electron chi connectivity index (χ4n) is 2.53. The second-order valence-corrected chi connectivity index (χ2v) is 5.71. The molecule has 0 spiro atoms. The molecule has 0 aliphatic heterocycles. The van der Waals surface area contributed by atoms with Crippen molar-refractivity contribution in [3.05, 3.63) is 29.0 Å². The molecule has 0 bridgehead atoms. The molecule has 114 valence electrons. The molecule has 1 fully saturated rings. The number of carbonyl (C=O) groups excluding carboxylic acids is 2. The van der Waals surface area contributed by atoms with Crippen molar-refractivity contribution in [1.82, 2.24) is 10.3 Å². The monoisotopic (exact) mass is 310 g/mol. The summed E-state index contributed by atoms with van der Waals surface area (Å²) in [6.07, 6.45) is 5.92. The molecule has 1 amide bonds. The van der Waals surface area contributed by atoms with Crippen LogP contribution in [-0.2, 0) is 9.53 Å². The average Bonchev–Trinajstić information content (AvgIpc) is 2.48. The minimum absolute atomic E-state index is 0.0730. The van der Waals surface area contributed by atoms with Gasteiger partial charge in [-0.15, -0.1) is 0 Å². The zero-order chi connectivity index (χ0) is 15.2. The summed E-state index contributed by atoms with van der Waals surface area (Å²) in [6, 6.07) is 3.28. The Kier molecular flexibility index (Phi) is 5.56. The van der Waals surface area contributed by atoms with Crippen LogP contribution in [0.5, 0.6) is 0 Å². The zero-order valence-electron chi connectivity index (χ0n) is 12.0. The van der Waals surface area contributed by atoms with Crippen LogP contribution in [-0.4, -0.2) is 29.5 Å². The fourth-order valence-corrected chi connectivity index (χ4v) is 2.72. The van der Waals surface area contributed by atoms with Crippen molar-refractivity contribution in [2.24, 2.45) is 5.92 Å². The molecule has 6 heteroatoms. The number of nitrogens with one attached hydrogen (secondary N) is 1. The largest absolute Gasteiger partial charge is 0.452 e. The Morgan fingerprint density at radius 1 is 1.43 bits per heavy atom. The quantitative estimate of drug-likeness (QED) is 0.685. The SMILES string of the molecule is C[C@H]1CCCC[C@H]1NC(=O)COC(=O)c1cccnc1Cl. The summed E-state index contributed by atoms with van der Waals surface area (Å²) in [4.78, 5) is 27.4. The molecule has 0 saturated heterocycles. The molecule has 1 aromatic rings. The van der Waals surface area contributed by atoms with Gasteiger partial charge in [-0.05, 0) is 30.9 Å². The summed E-state index contributed by atoms with van der Waals surface area (Å²) in [7, 11) is 0. The van der Waals surface area contributed by atoms with Crippen LogP contribution in [0, 0.1) is 5.92 Å². The Morgan fingerprint density at radius 3 is 2.90 bits per heavy atom. The molecule has 2 rings (SSSR count). The highest BCUT2D eigenvalue weighted by Crippen LogP contribution is 2.23. The smallest absolute Gasteiger partial charge is 0.341 e. The predicted octanol–water partition coefficient (Wildman–Crippen LogP) is 2.59. The summed E-state index contributed by atoms with van der Waals surface area (Å²) >= 11 is 5.80. The lowest BCUT2D eigenvalue weighted by molar-refractivity contribution is -0.125. The topological polar surface area (TPSA) is 68.3 Å². The van der Waals surface area contributed by atoms with Gasteiger partial charge in [0.15, 0.2) is 6.61 Å². The van der Waals surface area contributed by atoms with E-state index in [9.17, 15) is 9.59 Å². The average molecular weight is 311 g/mol. The standard InChI is InChI=1S/C15H19ClN2O3/c1-10-5-2-3-7-12(10)18-13(19)9-21-15(20)11-6-4-8-17-14(11)16/h4,6,8,10,12H,2-3,5,7,9H2,1H3,(H,18,19)/t10-,12+/m0/s1.